The van der Waals surface area contributed by atoms with E-state index < -0.39 is 0 Å². The number of carbonyl (C=O) groups excluding carboxylic acids is 1. The number of rotatable bonds is 0. The summed E-state index contributed by atoms with van der Waals surface area (Å²) in [5, 5.41) is 3.20. The summed E-state index contributed by atoms with van der Waals surface area (Å²) in [5.74, 6) is 0.729. The number of amides is 1. The summed E-state index contributed by atoms with van der Waals surface area (Å²) >= 11 is 0. The lowest BCUT2D eigenvalue weighted by molar-refractivity contribution is -0.149. The number of hydrogen-bond acceptors (Lipinski definition) is 1. The maximum atomic E-state index is 11.5. The van der Waals surface area contributed by atoms with Crippen LogP contribution in [-0.2, 0) is 4.79 Å². The molecule has 0 aromatic heterocycles. The van der Waals surface area contributed by atoms with Crippen LogP contribution in [0.2, 0.25) is 0 Å². The van der Waals surface area contributed by atoms with Crippen LogP contribution >= 0.6 is 0 Å². The monoisotopic (exact) mass is 191 g/mol. The van der Waals surface area contributed by atoms with Gasteiger partial charge in [0.25, 0.3) is 0 Å². The Balaban J connectivity index is 1.98. The van der Waals surface area contributed by atoms with E-state index in [1.165, 1.54) is 31.3 Å². The lowest BCUT2D eigenvalue weighted by Gasteiger charge is -2.69. The molecule has 2 saturated carbocycles. The van der Waals surface area contributed by atoms with Crippen molar-refractivity contribution in [1.29, 1.82) is 0 Å². The third-order valence-electron chi connectivity index (χ3n) is 5.00. The molecule has 0 aromatic carbocycles. The maximum Gasteiger partial charge on any atom is 0.244 e. The second kappa shape index (κ2) is 2.23. The number of carbonyl (C=O) groups is 1. The summed E-state index contributed by atoms with van der Waals surface area (Å²) in [6, 6.07) is 0. The quantitative estimate of drug-likeness (QED) is 0.623. The molecule has 1 heterocycles. The molecular weight excluding hydrogens is 174 g/mol. The lowest BCUT2D eigenvalue weighted by Crippen LogP contribution is -2.74. The van der Waals surface area contributed by atoms with Gasteiger partial charge in [0.1, 0.15) is 0 Å². The first-order valence-corrected chi connectivity index (χ1v) is 5.58. The SMILES string of the molecule is CC1=CC(=O)N[C@@]2(C)[C@@H]1CC21CCC1. The van der Waals surface area contributed by atoms with Crippen LogP contribution < -0.4 is 5.32 Å². The van der Waals surface area contributed by atoms with Crippen molar-refractivity contribution < 1.29 is 4.79 Å². The molecular formula is C12H17NO. The Hall–Kier alpha value is -0.790. The highest BCUT2D eigenvalue weighted by atomic mass is 16.1. The normalized spacial score (nSPS) is 43.1. The first-order chi connectivity index (χ1) is 6.57. The molecule has 2 fully saturated rings. The zero-order valence-corrected chi connectivity index (χ0v) is 8.89. The molecule has 2 heteroatoms. The second-order valence-corrected chi connectivity index (χ2v) is 5.47. The van der Waals surface area contributed by atoms with E-state index in [2.05, 4.69) is 19.2 Å². The smallest absolute Gasteiger partial charge is 0.244 e. The summed E-state index contributed by atoms with van der Waals surface area (Å²) in [6.45, 7) is 4.35. The molecule has 1 spiro atoms. The van der Waals surface area contributed by atoms with E-state index in [0.717, 1.165) is 0 Å². The third-order valence-corrected chi connectivity index (χ3v) is 5.00. The second-order valence-electron chi connectivity index (χ2n) is 5.47. The molecule has 2 aliphatic carbocycles. The van der Waals surface area contributed by atoms with Gasteiger partial charge in [0.05, 0.1) is 0 Å². The molecule has 2 nitrogen and oxygen atoms in total. The summed E-state index contributed by atoms with van der Waals surface area (Å²) in [6.07, 6.45) is 7.05. The molecule has 3 aliphatic rings. The Morgan fingerprint density at radius 3 is 2.79 bits per heavy atom. The van der Waals surface area contributed by atoms with Crippen LogP contribution in [0, 0.1) is 11.3 Å². The van der Waals surface area contributed by atoms with Gasteiger partial charge in [-0.05, 0) is 38.5 Å². The van der Waals surface area contributed by atoms with Crippen LogP contribution in [0.4, 0.5) is 0 Å². The Kier molecular flexibility index (Phi) is 1.36. The Morgan fingerprint density at radius 2 is 2.21 bits per heavy atom. The molecule has 1 aliphatic heterocycles. The number of nitrogens with one attached hydrogen (secondary N) is 1. The average molecular weight is 191 g/mol. The van der Waals surface area contributed by atoms with Gasteiger partial charge in [0.15, 0.2) is 0 Å². The summed E-state index contributed by atoms with van der Waals surface area (Å²) < 4.78 is 0. The zero-order chi connectivity index (χ0) is 9.97. The minimum atomic E-state index is 0.0845. The maximum absolute atomic E-state index is 11.5. The van der Waals surface area contributed by atoms with Gasteiger partial charge in [0.2, 0.25) is 5.91 Å². The van der Waals surface area contributed by atoms with Crippen molar-refractivity contribution in [2.75, 3.05) is 0 Å². The summed E-state index contributed by atoms with van der Waals surface area (Å²) in [4.78, 5) is 11.5. The molecule has 2 atom stereocenters. The van der Waals surface area contributed by atoms with Gasteiger partial charge in [-0.25, -0.2) is 0 Å². The fourth-order valence-corrected chi connectivity index (χ4v) is 3.81. The molecule has 76 valence electrons. The number of hydrogen-bond donors (Lipinski definition) is 1. The van der Waals surface area contributed by atoms with Crippen LogP contribution in [0.1, 0.15) is 39.5 Å². The van der Waals surface area contributed by atoms with E-state index in [1.54, 1.807) is 6.08 Å². The fraction of sp³-hybridized carbons (Fsp3) is 0.750. The van der Waals surface area contributed by atoms with Gasteiger partial charge in [-0.3, -0.25) is 4.79 Å². The highest BCUT2D eigenvalue weighted by molar-refractivity contribution is 5.90. The van der Waals surface area contributed by atoms with E-state index in [9.17, 15) is 4.79 Å². The van der Waals surface area contributed by atoms with E-state index in [1.807, 2.05) is 0 Å². The molecule has 0 unspecified atom stereocenters. The average Bonchev–Trinajstić information content (AvgIpc) is 1.96. The van der Waals surface area contributed by atoms with Crippen LogP contribution in [0.15, 0.2) is 11.6 Å². The molecule has 1 amide bonds. The van der Waals surface area contributed by atoms with Crippen molar-refractivity contribution in [2.45, 2.75) is 45.1 Å². The first kappa shape index (κ1) is 8.51. The standard InChI is InChI=1S/C12H17NO/c1-8-6-10(14)13-11(2)9(8)7-12(11)4-3-5-12/h6,9H,3-5,7H2,1-2H3,(H,13,14)/t9-,11+/m1/s1. The summed E-state index contributed by atoms with van der Waals surface area (Å²) in [5.41, 5.74) is 1.83. The van der Waals surface area contributed by atoms with Crippen LogP contribution in [0.3, 0.4) is 0 Å². The van der Waals surface area contributed by atoms with Crippen molar-refractivity contribution in [1.82, 2.24) is 5.32 Å². The highest BCUT2D eigenvalue weighted by Crippen LogP contribution is 2.66. The molecule has 0 aromatic rings. The van der Waals surface area contributed by atoms with Crippen molar-refractivity contribution in [3.05, 3.63) is 11.6 Å². The first-order valence-electron chi connectivity index (χ1n) is 5.58. The van der Waals surface area contributed by atoms with Gasteiger partial charge < -0.3 is 5.32 Å². The molecule has 0 radical (unpaired) electrons. The van der Waals surface area contributed by atoms with Crippen LogP contribution in [0.25, 0.3) is 0 Å². The van der Waals surface area contributed by atoms with Crippen molar-refractivity contribution in [2.24, 2.45) is 11.3 Å². The van der Waals surface area contributed by atoms with E-state index in [0.29, 0.717) is 11.3 Å². The molecule has 3 rings (SSSR count). The van der Waals surface area contributed by atoms with Crippen LogP contribution in [0.5, 0.6) is 0 Å². The van der Waals surface area contributed by atoms with E-state index in [4.69, 9.17) is 0 Å². The third kappa shape index (κ3) is 0.723. The predicted octanol–water partition coefficient (Wildman–Crippen LogP) is 2.01. The van der Waals surface area contributed by atoms with Crippen molar-refractivity contribution in [3.63, 3.8) is 0 Å². The molecule has 1 N–H and O–H groups in total. The van der Waals surface area contributed by atoms with Gasteiger partial charge in [-0.15, -0.1) is 0 Å². The van der Waals surface area contributed by atoms with Crippen LogP contribution in [-0.4, -0.2) is 11.4 Å². The molecule has 0 saturated heterocycles. The van der Waals surface area contributed by atoms with Gasteiger partial charge >= 0.3 is 0 Å². The van der Waals surface area contributed by atoms with Gasteiger partial charge in [-0.1, -0.05) is 12.0 Å². The topological polar surface area (TPSA) is 29.1 Å². The fourth-order valence-electron chi connectivity index (χ4n) is 3.81. The van der Waals surface area contributed by atoms with E-state index in [-0.39, 0.29) is 11.4 Å². The minimum Gasteiger partial charge on any atom is -0.346 e. The van der Waals surface area contributed by atoms with Gasteiger partial charge in [-0.2, -0.15) is 0 Å². The Labute approximate surface area is 84.8 Å². The van der Waals surface area contributed by atoms with Gasteiger partial charge in [0, 0.05) is 17.5 Å². The Morgan fingerprint density at radius 1 is 1.50 bits per heavy atom. The minimum absolute atomic E-state index is 0.0845. The largest absolute Gasteiger partial charge is 0.346 e. The van der Waals surface area contributed by atoms with E-state index >= 15 is 0 Å². The lowest BCUT2D eigenvalue weighted by atomic mass is 9.40. The molecule has 0 bridgehead atoms. The zero-order valence-electron chi connectivity index (χ0n) is 8.89. The highest BCUT2D eigenvalue weighted by Gasteiger charge is 2.66. The Bertz CT molecular complexity index is 340. The molecule has 14 heavy (non-hydrogen) atoms. The predicted molar refractivity (Wildman–Crippen MR) is 54.7 cm³/mol. The van der Waals surface area contributed by atoms with Crippen molar-refractivity contribution in [3.8, 4) is 0 Å². The number of fused-ring (bicyclic) bond motifs is 2. The van der Waals surface area contributed by atoms with Crippen molar-refractivity contribution >= 4 is 5.91 Å². The summed E-state index contributed by atoms with van der Waals surface area (Å²) in [7, 11) is 0.